The number of aromatic nitrogens is 2. The van der Waals surface area contributed by atoms with Crippen molar-refractivity contribution in [3.63, 3.8) is 0 Å². The van der Waals surface area contributed by atoms with Crippen LogP contribution >= 0.6 is 0 Å². The standard InChI is InChI=1S/C31H35F3N4O5/c1-20-28(14-24(17-36-20)37-30(40)21-4-2-5-23(12-21)31(32,33)34)22-13-25(18-35-16-22)38-8-10-42-29(19-38)43-27-7-3-6-26(15-27)41-11-9-39/h2,4-5,12-14,16-18,26-27,29,39H,3,6-11,15,19H2,1H3,(H,37,40)/t26-,27-,29?/m1/s1. The number of amides is 1. The highest BCUT2D eigenvalue weighted by atomic mass is 19.4. The molecule has 1 aromatic carbocycles. The number of carbonyl (C=O) groups is 1. The Morgan fingerprint density at radius 2 is 2.00 bits per heavy atom. The molecule has 1 saturated carbocycles. The molecule has 2 aliphatic rings. The Morgan fingerprint density at radius 1 is 1.16 bits per heavy atom. The Labute approximate surface area is 248 Å². The van der Waals surface area contributed by atoms with Gasteiger partial charge in [0.2, 0.25) is 0 Å². The topological polar surface area (TPSA) is 106 Å². The third-order valence-electron chi connectivity index (χ3n) is 7.60. The second-order valence-corrected chi connectivity index (χ2v) is 10.7. The summed E-state index contributed by atoms with van der Waals surface area (Å²) in [6, 6.07) is 8.00. The second-order valence-electron chi connectivity index (χ2n) is 10.7. The van der Waals surface area contributed by atoms with E-state index < -0.39 is 23.9 Å². The number of hydrogen-bond donors (Lipinski definition) is 2. The summed E-state index contributed by atoms with van der Waals surface area (Å²) >= 11 is 0. The number of pyridine rings is 2. The number of nitrogens with zero attached hydrogens (tertiary/aromatic N) is 3. The molecular formula is C31H35F3N4O5. The number of anilines is 2. The average Bonchev–Trinajstić information content (AvgIpc) is 3.01. The van der Waals surface area contributed by atoms with Gasteiger partial charge in [-0.1, -0.05) is 6.07 Å². The molecule has 1 aliphatic heterocycles. The zero-order chi connectivity index (χ0) is 30.4. The first-order chi connectivity index (χ1) is 20.7. The summed E-state index contributed by atoms with van der Waals surface area (Å²) in [7, 11) is 0. The van der Waals surface area contributed by atoms with Gasteiger partial charge in [0.15, 0.2) is 6.29 Å². The Morgan fingerprint density at radius 3 is 2.81 bits per heavy atom. The highest BCUT2D eigenvalue weighted by Crippen LogP contribution is 2.31. The molecule has 5 rings (SSSR count). The maximum absolute atomic E-state index is 13.1. The third-order valence-corrected chi connectivity index (χ3v) is 7.60. The van der Waals surface area contributed by atoms with Gasteiger partial charge in [-0.05, 0) is 62.9 Å². The lowest BCUT2D eigenvalue weighted by molar-refractivity contribution is -0.188. The quantitative estimate of drug-likeness (QED) is 0.345. The lowest BCUT2D eigenvalue weighted by atomic mass is 9.95. The minimum absolute atomic E-state index is 0.00412. The first kappa shape index (κ1) is 30.9. The number of alkyl halides is 3. The fourth-order valence-electron chi connectivity index (χ4n) is 5.43. The first-order valence-electron chi connectivity index (χ1n) is 14.3. The highest BCUT2D eigenvalue weighted by molar-refractivity contribution is 6.04. The van der Waals surface area contributed by atoms with Crippen molar-refractivity contribution in [2.24, 2.45) is 0 Å². The van der Waals surface area contributed by atoms with Crippen molar-refractivity contribution in [3.05, 3.63) is 71.8 Å². The van der Waals surface area contributed by atoms with E-state index in [-0.39, 0.29) is 24.4 Å². The van der Waals surface area contributed by atoms with Gasteiger partial charge in [-0.2, -0.15) is 13.2 Å². The number of hydrogen-bond acceptors (Lipinski definition) is 8. The zero-order valence-electron chi connectivity index (χ0n) is 23.8. The molecule has 9 nitrogen and oxygen atoms in total. The number of aliphatic hydroxyl groups is 1. The molecule has 0 radical (unpaired) electrons. The molecule has 1 saturated heterocycles. The van der Waals surface area contributed by atoms with Crippen LogP contribution in [0.3, 0.4) is 0 Å². The number of ether oxygens (including phenoxy) is 3. The van der Waals surface area contributed by atoms with E-state index in [0.717, 1.165) is 54.6 Å². The number of aliphatic hydroxyl groups excluding tert-OH is 1. The van der Waals surface area contributed by atoms with E-state index in [0.29, 0.717) is 37.7 Å². The molecule has 12 heteroatoms. The number of aryl methyl sites for hydroxylation is 1. The number of carbonyl (C=O) groups excluding carboxylic acids is 1. The van der Waals surface area contributed by atoms with Gasteiger partial charge in [0.05, 0.1) is 67.9 Å². The molecule has 2 aromatic heterocycles. The molecule has 43 heavy (non-hydrogen) atoms. The summed E-state index contributed by atoms with van der Waals surface area (Å²) in [4.78, 5) is 23.8. The Hall–Kier alpha value is -3.58. The molecule has 2 N–H and O–H groups in total. The smallest absolute Gasteiger partial charge is 0.394 e. The largest absolute Gasteiger partial charge is 0.416 e. The van der Waals surface area contributed by atoms with E-state index in [1.807, 2.05) is 13.0 Å². The van der Waals surface area contributed by atoms with Crippen molar-refractivity contribution in [2.45, 2.75) is 57.3 Å². The van der Waals surface area contributed by atoms with Crippen LogP contribution in [0.1, 0.15) is 47.3 Å². The predicted octanol–water partition coefficient (Wildman–Crippen LogP) is 5.22. The van der Waals surface area contributed by atoms with Crippen molar-refractivity contribution < 1.29 is 37.3 Å². The molecule has 2 fully saturated rings. The van der Waals surface area contributed by atoms with Crippen LogP contribution in [-0.4, -0.2) is 72.4 Å². The maximum Gasteiger partial charge on any atom is 0.416 e. The summed E-state index contributed by atoms with van der Waals surface area (Å²) in [5.74, 6) is -0.668. The minimum atomic E-state index is -4.55. The highest BCUT2D eigenvalue weighted by Gasteiger charge is 2.31. The van der Waals surface area contributed by atoms with Gasteiger partial charge in [-0.25, -0.2) is 0 Å². The van der Waals surface area contributed by atoms with Crippen molar-refractivity contribution in [3.8, 4) is 11.1 Å². The fourth-order valence-corrected chi connectivity index (χ4v) is 5.43. The SMILES string of the molecule is Cc1ncc(NC(=O)c2cccc(C(F)(F)F)c2)cc1-c1cncc(N2CCOC(O[C@@H]3CCC[C@@H](OCCO)C3)C2)c1. The maximum atomic E-state index is 13.1. The Bertz CT molecular complexity index is 1410. The van der Waals surface area contributed by atoms with Crippen LogP contribution in [-0.2, 0) is 20.4 Å². The minimum Gasteiger partial charge on any atom is -0.394 e. The second kappa shape index (κ2) is 13.8. The van der Waals surface area contributed by atoms with E-state index in [1.54, 1.807) is 18.5 Å². The van der Waals surface area contributed by atoms with Crippen molar-refractivity contribution >= 4 is 17.3 Å². The van der Waals surface area contributed by atoms with Gasteiger partial charge in [0.1, 0.15) is 0 Å². The van der Waals surface area contributed by atoms with Crippen LogP contribution in [0.15, 0.2) is 55.0 Å². The monoisotopic (exact) mass is 600 g/mol. The Balaban J connectivity index is 1.26. The van der Waals surface area contributed by atoms with E-state index >= 15 is 0 Å². The van der Waals surface area contributed by atoms with Crippen molar-refractivity contribution in [1.29, 1.82) is 0 Å². The summed E-state index contributed by atoms with van der Waals surface area (Å²) in [6.45, 7) is 3.83. The fraction of sp³-hybridized carbons (Fsp3) is 0.452. The van der Waals surface area contributed by atoms with E-state index in [9.17, 15) is 18.0 Å². The summed E-state index contributed by atoms with van der Waals surface area (Å²) in [5.41, 5.74) is 2.44. The molecule has 1 amide bonds. The van der Waals surface area contributed by atoms with Crippen molar-refractivity contribution in [1.82, 2.24) is 9.97 Å². The molecule has 0 bridgehead atoms. The average molecular weight is 601 g/mol. The number of rotatable bonds is 9. The van der Waals surface area contributed by atoms with E-state index in [1.165, 1.54) is 18.3 Å². The summed E-state index contributed by atoms with van der Waals surface area (Å²) in [5, 5.41) is 11.7. The van der Waals surface area contributed by atoms with Gasteiger partial charge in [0, 0.05) is 35.1 Å². The molecule has 1 aliphatic carbocycles. The molecule has 0 spiro atoms. The molecule has 3 atom stereocenters. The first-order valence-corrected chi connectivity index (χ1v) is 14.3. The lowest BCUT2D eigenvalue weighted by Crippen LogP contribution is -2.46. The predicted molar refractivity (Wildman–Crippen MR) is 154 cm³/mol. The molecule has 3 heterocycles. The van der Waals surface area contributed by atoms with Crippen LogP contribution < -0.4 is 10.2 Å². The summed E-state index contributed by atoms with van der Waals surface area (Å²) in [6.07, 6.45) is 3.75. The van der Waals surface area contributed by atoms with Crippen molar-refractivity contribution in [2.75, 3.05) is 43.1 Å². The zero-order valence-corrected chi connectivity index (χ0v) is 23.8. The number of halogens is 3. The van der Waals surface area contributed by atoms with Gasteiger partial charge >= 0.3 is 6.18 Å². The number of morpholine rings is 1. The van der Waals surface area contributed by atoms with Crippen LogP contribution in [0.4, 0.5) is 24.5 Å². The van der Waals surface area contributed by atoms with Crippen LogP contribution in [0.2, 0.25) is 0 Å². The molecule has 3 aromatic rings. The van der Waals surface area contributed by atoms with E-state index in [2.05, 4.69) is 20.2 Å². The van der Waals surface area contributed by atoms with Gasteiger partial charge in [-0.3, -0.25) is 14.8 Å². The van der Waals surface area contributed by atoms with E-state index in [4.69, 9.17) is 19.3 Å². The number of nitrogens with one attached hydrogen (secondary N) is 1. The molecular weight excluding hydrogens is 565 g/mol. The Kier molecular flexibility index (Phi) is 9.91. The lowest BCUT2D eigenvalue weighted by Gasteiger charge is -2.37. The molecule has 230 valence electrons. The van der Waals surface area contributed by atoms with Crippen LogP contribution in [0.25, 0.3) is 11.1 Å². The molecule has 1 unspecified atom stereocenters. The number of benzene rings is 1. The normalized spacial score (nSPS) is 21.0. The van der Waals surface area contributed by atoms with Gasteiger partial charge in [-0.15, -0.1) is 0 Å². The summed E-state index contributed by atoms with van der Waals surface area (Å²) < 4.78 is 57.3. The third kappa shape index (κ3) is 8.08. The van der Waals surface area contributed by atoms with Crippen LogP contribution in [0, 0.1) is 6.92 Å². The van der Waals surface area contributed by atoms with Gasteiger partial charge < -0.3 is 29.5 Å². The van der Waals surface area contributed by atoms with Crippen LogP contribution in [0.5, 0.6) is 0 Å². The van der Waals surface area contributed by atoms with Gasteiger partial charge in [0.25, 0.3) is 5.91 Å².